The van der Waals surface area contributed by atoms with Gasteiger partial charge in [-0.15, -0.1) is 12.4 Å². The summed E-state index contributed by atoms with van der Waals surface area (Å²) in [6.45, 7) is 3.35. The molecule has 9 nitrogen and oxygen atoms in total. The highest BCUT2D eigenvalue weighted by atomic mass is 35.5. The smallest absolute Gasteiger partial charge is 0.221 e. The third kappa shape index (κ3) is 11.8. The van der Waals surface area contributed by atoms with E-state index >= 15 is 0 Å². The van der Waals surface area contributed by atoms with Crippen molar-refractivity contribution in [2.45, 2.75) is 38.5 Å². The van der Waals surface area contributed by atoms with Gasteiger partial charge in [-0.3, -0.25) is 4.79 Å². The Kier molecular flexibility index (Phi) is 15.4. The van der Waals surface area contributed by atoms with Gasteiger partial charge in [-0.05, 0) is 29.7 Å². The summed E-state index contributed by atoms with van der Waals surface area (Å²) in [5, 5.41) is 17.0. The summed E-state index contributed by atoms with van der Waals surface area (Å²) in [4.78, 5) is 12.7. The van der Waals surface area contributed by atoms with E-state index in [1.165, 1.54) is 11.4 Å². The Hall–Kier alpha value is -2.21. The Morgan fingerprint density at radius 2 is 1.78 bits per heavy atom. The fraction of sp³-hybridized carbons (Fsp3) is 0.500. The second-order valence-corrected chi connectivity index (χ2v) is 10.6. The zero-order chi connectivity index (χ0) is 26.4. The molecule has 2 atom stereocenters. The normalized spacial score (nSPS) is 13.0. The molecule has 0 radical (unpaired) electrons. The predicted molar refractivity (Wildman–Crippen MR) is 148 cm³/mol. The lowest BCUT2D eigenvalue weighted by Gasteiger charge is -2.25. The summed E-state index contributed by atoms with van der Waals surface area (Å²) in [6, 6.07) is 16.6. The minimum atomic E-state index is -3.60. The zero-order valence-electron chi connectivity index (χ0n) is 21.8. The molecule has 1 amide bonds. The van der Waals surface area contributed by atoms with E-state index in [4.69, 9.17) is 9.47 Å². The summed E-state index contributed by atoms with van der Waals surface area (Å²) in [7, 11) is -0.477. The number of hydrogen-bond acceptors (Lipinski definition) is 7. The molecule has 0 heterocycles. The van der Waals surface area contributed by atoms with Crippen LogP contribution in [0.1, 0.15) is 24.5 Å². The molecule has 0 saturated carbocycles. The molecule has 0 bridgehead atoms. The van der Waals surface area contributed by atoms with Crippen molar-refractivity contribution < 1.29 is 27.8 Å². The minimum Gasteiger partial charge on any atom is -0.497 e. The number of carbonyl (C=O) groups is 1. The third-order valence-electron chi connectivity index (χ3n) is 5.80. The van der Waals surface area contributed by atoms with Gasteiger partial charge in [0.2, 0.25) is 15.9 Å². The van der Waals surface area contributed by atoms with Crippen molar-refractivity contribution in [3.8, 4) is 5.75 Å². The molecule has 0 aliphatic carbocycles. The van der Waals surface area contributed by atoms with Gasteiger partial charge in [-0.2, -0.15) is 4.31 Å². The van der Waals surface area contributed by atoms with Gasteiger partial charge >= 0.3 is 0 Å². The van der Waals surface area contributed by atoms with E-state index in [-0.39, 0.29) is 44.3 Å². The van der Waals surface area contributed by atoms with Crippen LogP contribution in [0.15, 0.2) is 54.6 Å². The first-order chi connectivity index (χ1) is 17.3. The molecule has 0 aliphatic heterocycles. The first kappa shape index (κ1) is 32.8. The van der Waals surface area contributed by atoms with Gasteiger partial charge in [0.1, 0.15) is 5.75 Å². The molecular formula is C26H40ClN3O6S. The molecular weight excluding hydrogens is 518 g/mol. The van der Waals surface area contributed by atoms with E-state index in [2.05, 4.69) is 10.6 Å². The summed E-state index contributed by atoms with van der Waals surface area (Å²) < 4.78 is 36.8. The minimum absolute atomic E-state index is 0. The van der Waals surface area contributed by atoms with Gasteiger partial charge in [-0.1, -0.05) is 49.4 Å². The molecule has 0 aromatic heterocycles. The lowest BCUT2D eigenvalue weighted by molar-refractivity contribution is -0.122. The van der Waals surface area contributed by atoms with Gasteiger partial charge in [-0.25, -0.2) is 8.42 Å². The predicted octanol–water partition coefficient (Wildman–Crippen LogP) is 1.98. The van der Waals surface area contributed by atoms with E-state index in [1.54, 1.807) is 14.0 Å². The van der Waals surface area contributed by atoms with E-state index in [1.807, 2.05) is 54.6 Å². The molecule has 2 rings (SSSR count). The molecule has 0 fully saturated rings. The molecule has 0 aliphatic rings. The Bertz CT molecular complexity index is 1030. The second-order valence-electron chi connectivity index (χ2n) is 8.46. The van der Waals surface area contributed by atoms with Crippen LogP contribution in [0.25, 0.3) is 0 Å². The average molecular weight is 558 g/mol. The van der Waals surface area contributed by atoms with Crippen LogP contribution in [0.2, 0.25) is 0 Å². The number of nitrogens with zero attached hydrogens (tertiary/aromatic N) is 1. The van der Waals surface area contributed by atoms with Crippen LogP contribution in [-0.2, 0) is 32.5 Å². The Morgan fingerprint density at radius 3 is 2.43 bits per heavy atom. The number of ether oxygens (including phenoxy) is 2. The van der Waals surface area contributed by atoms with Gasteiger partial charge in [0.25, 0.3) is 0 Å². The molecule has 0 saturated heterocycles. The summed E-state index contributed by atoms with van der Waals surface area (Å²) in [5.74, 6) is 0.0237. The highest BCUT2D eigenvalue weighted by Crippen LogP contribution is 2.13. The molecule has 37 heavy (non-hydrogen) atoms. The van der Waals surface area contributed by atoms with Crippen LogP contribution in [0.4, 0.5) is 0 Å². The van der Waals surface area contributed by atoms with Crippen LogP contribution in [0, 0.1) is 0 Å². The summed E-state index contributed by atoms with van der Waals surface area (Å²) in [6.07, 6.45) is -0.664. The number of carbonyl (C=O) groups excluding carboxylic acids is 1. The third-order valence-corrected chi connectivity index (χ3v) is 7.75. The number of halogens is 1. The van der Waals surface area contributed by atoms with Gasteiger partial charge < -0.3 is 25.2 Å². The molecule has 2 aromatic carbocycles. The van der Waals surface area contributed by atoms with Crippen LogP contribution in [0.5, 0.6) is 5.75 Å². The van der Waals surface area contributed by atoms with Gasteiger partial charge in [0, 0.05) is 39.7 Å². The Balaban J connectivity index is 0.00000684. The first-order valence-electron chi connectivity index (χ1n) is 12.1. The summed E-state index contributed by atoms with van der Waals surface area (Å²) in [5.41, 5.74) is 1.96. The molecule has 0 unspecified atom stereocenters. The van der Waals surface area contributed by atoms with Crippen molar-refractivity contribution in [3.05, 3.63) is 65.7 Å². The maximum absolute atomic E-state index is 12.7. The molecule has 3 N–H and O–H groups in total. The molecule has 0 spiro atoms. The fourth-order valence-electron chi connectivity index (χ4n) is 3.76. The molecule has 2 aromatic rings. The fourth-order valence-corrected chi connectivity index (χ4v) is 5.20. The van der Waals surface area contributed by atoms with Crippen LogP contribution in [0.3, 0.4) is 0 Å². The van der Waals surface area contributed by atoms with E-state index < -0.39 is 28.1 Å². The standard InChI is InChI=1S/C26H39N3O6S.ClH/c1-4-29(14-15-34-2)36(32,33)16-13-26(31)28-24(18-21-9-6-5-7-10-21)25(30)20-27-19-22-11-8-12-23(17-22)35-3;/h5-12,17,24-25,27,30H,4,13-16,18-20H2,1-3H3,(H,28,31);1H/t24-,25+;/m0./s1. The highest BCUT2D eigenvalue weighted by molar-refractivity contribution is 7.89. The quantitative estimate of drug-likeness (QED) is 0.272. The molecule has 208 valence electrons. The number of hydrogen-bond donors (Lipinski definition) is 3. The van der Waals surface area contributed by atoms with Crippen molar-refractivity contribution in [1.29, 1.82) is 0 Å². The number of aliphatic hydroxyl groups is 1. The maximum Gasteiger partial charge on any atom is 0.221 e. The van der Waals surface area contributed by atoms with Gasteiger partial charge in [0.15, 0.2) is 0 Å². The van der Waals surface area contributed by atoms with E-state index in [0.29, 0.717) is 19.5 Å². The number of aliphatic hydroxyl groups excluding tert-OH is 1. The Labute approximate surface area is 227 Å². The monoisotopic (exact) mass is 557 g/mol. The van der Waals surface area contributed by atoms with Crippen molar-refractivity contribution >= 4 is 28.3 Å². The van der Waals surface area contributed by atoms with E-state index in [9.17, 15) is 18.3 Å². The first-order valence-corrected chi connectivity index (χ1v) is 13.7. The zero-order valence-corrected chi connectivity index (χ0v) is 23.4. The SMILES string of the molecule is CCN(CCOC)S(=O)(=O)CCC(=O)N[C@@H](Cc1ccccc1)[C@H](O)CNCc1cccc(OC)c1.Cl. The van der Waals surface area contributed by atoms with Crippen molar-refractivity contribution in [3.63, 3.8) is 0 Å². The number of amides is 1. The number of rotatable bonds is 17. The Morgan fingerprint density at radius 1 is 1.08 bits per heavy atom. The van der Waals surface area contributed by atoms with Crippen molar-refractivity contribution in [1.82, 2.24) is 14.9 Å². The van der Waals surface area contributed by atoms with Gasteiger partial charge in [0.05, 0.1) is 31.6 Å². The van der Waals surface area contributed by atoms with E-state index in [0.717, 1.165) is 16.9 Å². The van der Waals surface area contributed by atoms with Crippen molar-refractivity contribution in [2.24, 2.45) is 0 Å². The van der Waals surface area contributed by atoms with Crippen LogP contribution < -0.4 is 15.4 Å². The number of sulfonamides is 1. The topological polar surface area (TPSA) is 117 Å². The number of likely N-dealkylation sites (N-methyl/N-ethyl adjacent to an activating group) is 1. The van der Waals surface area contributed by atoms with Crippen LogP contribution in [-0.4, -0.2) is 82.1 Å². The lowest BCUT2D eigenvalue weighted by Crippen LogP contribution is -2.49. The summed E-state index contributed by atoms with van der Waals surface area (Å²) >= 11 is 0. The second kappa shape index (κ2) is 17.3. The highest BCUT2D eigenvalue weighted by Gasteiger charge is 2.25. The maximum atomic E-state index is 12.7. The number of benzene rings is 2. The number of nitrogens with one attached hydrogen (secondary N) is 2. The number of methoxy groups -OCH3 is 2. The largest absolute Gasteiger partial charge is 0.497 e. The average Bonchev–Trinajstić information content (AvgIpc) is 2.88. The van der Waals surface area contributed by atoms with Crippen molar-refractivity contribution in [2.75, 3.05) is 46.2 Å². The molecule has 11 heteroatoms. The lowest BCUT2D eigenvalue weighted by atomic mass is 10.0. The van der Waals surface area contributed by atoms with Crippen LogP contribution >= 0.6 is 12.4 Å².